The molecule has 0 aliphatic carbocycles. The molecule has 0 spiro atoms. The highest BCUT2D eigenvalue weighted by Crippen LogP contribution is 2.23. The predicted octanol–water partition coefficient (Wildman–Crippen LogP) is 3.40. The van der Waals surface area contributed by atoms with Gasteiger partial charge in [-0.05, 0) is 45.2 Å². The summed E-state index contributed by atoms with van der Waals surface area (Å²) >= 11 is 5.90. The Balaban J connectivity index is 1.73. The van der Waals surface area contributed by atoms with Gasteiger partial charge >= 0.3 is 0 Å². The van der Waals surface area contributed by atoms with Crippen LogP contribution < -0.4 is 4.74 Å². The van der Waals surface area contributed by atoms with E-state index in [2.05, 4.69) is 0 Å². The Bertz CT molecular complexity index is 647. The summed E-state index contributed by atoms with van der Waals surface area (Å²) in [5.74, 6) is 1.40. The lowest BCUT2D eigenvalue weighted by Gasteiger charge is -2.38. The van der Waals surface area contributed by atoms with Crippen LogP contribution >= 0.6 is 11.6 Å². The zero-order chi connectivity index (χ0) is 20.0. The minimum atomic E-state index is -0.557. The zero-order valence-electron chi connectivity index (χ0n) is 16.9. The fourth-order valence-corrected chi connectivity index (χ4v) is 3.34. The van der Waals surface area contributed by atoms with Crippen LogP contribution in [0.2, 0.25) is 0 Å². The fraction of sp³-hybridized carbons (Fsp3) is 0.619. The third-order valence-corrected chi connectivity index (χ3v) is 5.69. The molecule has 0 bridgehead atoms. The Hall–Kier alpha value is -1.75. The van der Waals surface area contributed by atoms with Crippen molar-refractivity contribution in [1.82, 2.24) is 9.80 Å². The Labute approximate surface area is 167 Å². The van der Waals surface area contributed by atoms with Crippen LogP contribution in [0.4, 0.5) is 0 Å². The highest BCUT2D eigenvalue weighted by atomic mass is 35.5. The predicted molar refractivity (Wildman–Crippen MR) is 108 cm³/mol. The molecule has 1 aromatic carbocycles. The molecule has 0 N–H and O–H groups in total. The Morgan fingerprint density at radius 3 is 2.19 bits per heavy atom. The van der Waals surface area contributed by atoms with Crippen LogP contribution in [0, 0.1) is 19.3 Å². The van der Waals surface area contributed by atoms with E-state index in [1.54, 1.807) is 0 Å². The van der Waals surface area contributed by atoms with Crippen molar-refractivity contribution in [2.24, 2.45) is 5.41 Å². The second-order valence-electron chi connectivity index (χ2n) is 7.86. The third kappa shape index (κ3) is 5.61. The average molecular weight is 395 g/mol. The van der Waals surface area contributed by atoms with Crippen LogP contribution in [0.5, 0.6) is 5.75 Å². The van der Waals surface area contributed by atoms with Gasteiger partial charge in [0.1, 0.15) is 5.75 Å². The number of halogens is 1. The number of hydrogen-bond donors (Lipinski definition) is 0. The van der Waals surface area contributed by atoms with Gasteiger partial charge in [0, 0.05) is 38.5 Å². The minimum absolute atomic E-state index is 0.0617. The van der Waals surface area contributed by atoms with Crippen molar-refractivity contribution in [3.63, 3.8) is 0 Å². The first-order valence-corrected chi connectivity index (χ1v) is 10.1. The lowest BCUT2D eigenvalue weighted by Crippen LogP contribution is -2.53. The van der Waals surface area contributed by atoms with Crippen LogP contribution in [0.1, 0.15) is 37.8 Å². The van der Waals surface area contributed by atoms with Crippen molar-refractivity contribution in [1.29, 1.82) is 0 Å². The lowest BCUT2D eigenvalue weighted by atomic mass is 9.94. The molecule has 0 unspecified atom stereocenters. The number of ether oxygens (including phenoxy) is 1. The average Bonchev–Trinajstić information content (AvgIpc) is 2.66. The van der Waals surface area contributed by atoms with Crippen molar-refractivity contribution >= 4 is 23.4 Å². The number of aryl methyl sites for hydroxylation is 2. The van der Waals surface area contributed by atoms with Gasteiger partial charge in [0.2, 0.25) is 11.8 Å². The van der Waals surface area contributed by atoms with E-state index in [0.29, 0.717) is 51.5 Å². The molecule has 1 heterocycles. The molecule has 1 fully saturated rings. The summed E-state index contributed by atoms with van der Waals surface area (Å²) in [6.45, 7) is 10.6. The summed E-state index contributed by atoms with van der Waals surface area (Å²) in [5.41, 5.74) is 1.67. The molecule has 1 aromatic rings. The number of benzene rings is 1. The molecule has 1 aliphatic rings. The van der Waals surface area contributed by atoms with Gasteiger partial charge in [0.25, 0.3) is 0 Å². The molecule has 0 aromatic heterocycles. The molecule has 0 saturated carbocycles. The molecular formula is C21H31ClN2O3. The van der Waals surface area contributed by atoms with Crippen LogP contribution in [-0.4, -0.2) is 60.3 Å². The number of nitrogens with zero attached hydrogens (tertiary/aromatic N) is 2. The summed E-state index contributed by atoms with van der Waals surface area (Å²) in [7, 11) is 0. The van der Waals surface area contributed by atoms with Gasteiger partial charge in [-0.1, -0.05) is 18.2 Å². The van der Waals surface area contributed by atoms with Gasteiger partial charge in [-0.2, -0.15) is 0 Å². The number of carbonyl (C=O) groups is 2. The smallest absolute Gasteiger partial charge is 0.229 e. The molecule has 27 heavy (non-hydrogen) atoms. The standard InChI is InChI=1S/C21H31ClN2O3/c1-16-7-5-8-17(2)19(16)27-14-6-9-18(25)23-10-12-24(13-11-23)20(26)21(3,4)15-22/h5,7-8H,6,9-15H2,1-4H3. The van der Waals surface area contributed by atoms with Gasteiger partial charge < -0.3 is 14.5 Å². The summed E-state index contributed by atoms with van der Waals surface area (Å²) in [6, 6.07) is 6.07. The number of para-hydroxylation sites is 1. The molecule has 2 rings (SSSR count). The molecule has 150 valence electrons. The van der Waals surface area contributed by atoms with Gasteiger partial charge in [-0.25, -0.2) is 0 Å². The Morgan fingerprint density at radius 1 is 1.07 bits per heavy atom. The first-order chi connectivity index (χ1) is 12.8. The normalized spacial score (nSPS) is 15.0. The molecule has 6 heteroatoms. The Morgan fingerprint density at radius 2 is 1.63 bits per heavy atom. The van der Waals surface area contributed by atoms with Gasteiger partial charge in [-0.3, -0.25) is 9.59 Å². The van der Waals surface area contributed by atoms with Crippen LogP contribution in [0.25, 0.3) is 0 Å². The second-order valence-corrected chi connectivity index (χ2v) is 8.13. The zero-order valence-corrected chi connectivity index (χ0v) is 17.6. The van der Waals surface area contributed by atoms with E-state index in [0.717, 1.165) is 16.9 Å². The van der Waals surface area contributed by atoms with E-state index in [1.807, 2.05) is 55.7 Å². The first-order valence-electron chi connectivity index (χ1n) is 9.58. The van der Waals surface area contributed by atoms with Crippen molar-refractivity contribution in [3.8, 4) is 5.75 Å². The summed E-state index contributed by atoms with van der Waals surface area (Å²) in [6.07, 6.45) is 1.15. The van der Waals surface area contributed by atoms with E-state index in [9.17, 15) is 9.59 Å². The van der Waals surface area contributed by atoms with E-state index >= 15 is 0 Å². The molecule has 5 nitrogen and oxygen atoms in total. The molecule has 0 radical (unpaired) electrons. The lowest BCUT2D eigenvalue weighted by molar-refractivity contribution is -0.144. The van der Waals surface area contributed by atoms with Crippen molar-refractivity contribution in [3.05, 3.63) is 29.3 Å². The van der Waals surface area contributed by atoms with Crippen LogP contribution in [0.15, 0.2) is 18.2 Å². The summed E-state index contributed by atoms with van der Waals surface area (Å²) in [5, 5.41) is 0. The molecule has 2 amide bonds. The maximum absolute atomic E-state index is 12.4. The van der Waals surface area contributed by atoms with Gasteiger partial charge in [-0.15, -0.1) is 11.6 Å². The van der Waals surface area contributed by atoms with E-state index in [1.165, 1.54) is 0 Å². The van der Waals surface area contributed by atoms with Gasteiger partial charge in [0.15, 0.2) is 0 Å². The van der Waals surface area contributed by atoms with Crippen molar-refractivity contribution < 1.29 is 14.3 Å². The molecule has 0 atom stereocenters. The molecular weight excluding hydrogens is 364 g/mol. The third-order valence-electron chi connectivity index (χ3n) is 5.02. The highest BCUT2D eigenvalue weighted by molar-refractivity contribution is 6.19. The highest BCUT2D eigenvalue weighted by Gasteiger charge is 2.33. The van der Waals surface area contributed by atoms with Crippen LogP contribution in [0.3, 0.4) is 0 Å². The molecule has 1 aliphatic heterocycles. The number of alkyl halides is 1. The quantitative estimate of drug-likeness (QED) is 0.526. The number of rotatable bonds is 7. The maximum Gasteiger partial charge on any atom is 0.229 e. The first kappa shape index (κ1) is 21.5. The fourth-order valence-electron chi connectivity index (χ4n) is 3.23. The second kappa shape index (κ2) is 9.45. The monoisotopic (exact) mass is 394 g/mol. The number of hydrogen-bond acceptors (Lipinski definition) is 3. The number of piperazine rings is 1. The van der Waals surface area contributed by atoms with Crippen LogP contribution in [-0.2, 0) is 9.59 Å². The number of amides is 2. The topological polar surface area (TPSA) is 49.9 Å². The summed E-state index contributed by atoms with van der Waals surface area (Å²) in [4.78, 5) is 28.5. The van der Waals surface area contributed by atoms with E-state index < -0.39 is 5.41 Å². The number of carbonyl (C=O) groups excluding carboxylic acids is 2. The Kier molecular flexibility index (Phi) is 7.54. The van der Waals surface area contributed by atoms with Crippen molar-refractivity contribution in [2.45, 2.75) is 40.5 Å². The summed E-state index contributed by atoms with van der Waals surface area (Å²) < 4.78 is 5.87. The largest absolute Gasteiger partial charge is 0.493 e. The van der Waals surface area contributed by atoms with Crippen molar-refractivity contribution in [2.75, 3.05) is 38.7 Å². The molecule has 1 saturated heterocycles. The van der Waals surface area contributed by atoms with E-state index in [-0.39, 0.29) is 11.8 Å². The van der Waals surface area contributed by atoms with E-state index in [4.69, 9.17) is 16.3 Å². The SMILES string of the molecule is Cc1cccc(C)c1OCCCC(=O)N1CCN(C(=O)C(C)(C)CCl)CC1. The minimum Gasteiger partial charge on any atom is -0.493 e. The van der Waals surface area contributed by atoms with Gasteiger partial charge in [0.05, 0.1) is 12.0 Å². The maximum atomic E-state index is 12.4.